The third-order valence-electron chi connectivity index (χ3n) is 8.76. The van der Waals surface area contributed by atoms with Gasteiger partial charge in [0.25, 0.3) is 0 Å². The second-order valence-corrected chi connectivity index (χ2v) is 10.9. The maximum Gasteiger partial charge on any atom is 0.238 e. The summed E-state index contributed by atoms with van der Waals surface area (Å²) in [6.45, 7) is 3.98. The molecule has 7 heteroatoms. The molecule has 0 unspecified atom stereocenters. The lowest BCUT2D eigenvalue weighted by atomic mass is 9.62. The van der Waals surface area contributed by atoms with Gasteiger partial charge in [-0.3, -0.25) is 14.4 Å². The van der Waals surface area contributed by atoms with Crippen molar-refractivity contribution in [2.45, 2.75) is 17.5 Å². The Labute approximate surface area is 248 Å². The van der Waals surface area contributed by atoms with Gasteiger partial charge in [0.15, 0.2) is 11.6 Å². The molecular weight excluding hydrogens is 543 g/mol. The number of para-hydroxylation sites is 1. The van der Waals surface area contributed by atoms with Crippen molar-refractivity contribution >= 4 is 29.2 Å². The fourth-order valence-electron chi connectivity index (χ4n) is 7.00. The summed E-state index contributed by atoms with van der Waals surface area (Å²) >= 11 is 0. The number of halogens is 1. The number of carbonyl (C=O) groups is 3. The minimum atomic E-state index is -1.44. The molecule has 0 saturated carbocycles. The van der Waals surface area contributed by atoms with Crippen molar-refractivity contribution in [1.82, 2.24) is 4.90 Å². The van der Waals surface area contributed by atoms with E-state index >= 15 is 0 Å². The summed E-state index contributed by atoms with van der Waals surface area (Å²) < 4.78 is 19.5. The van der Waals surface area contributed by atoms with Crippen molar-refractivity contribution in [3.05, 3.63) is 150 Å². The van der Waals surface area contributed by atoms with E-state index in [9.17, 15) is 18.8 Å². The lowest BCUT2D eigenvalue weighted by molar-refractivity contribution is -0.122. The van der Waals surface area contributed by atoms with Crippen LogP contribution in [0, 0.1) is 11.7 Å². The van der Waals surface area contributed by atoms with Gasteiger partial charge in [0.05, 0.1) is 12.0 Å². The molecule has 1 spiro atoms. The van der Waals surface area contributed by atoms with Crippen LogP contribution in [0.5, 0.6) is 5.75 Å². The summed E-state index contributed by atoms with van der Waals surface area (Å²) in [5.74, 6) is -2.08. The van der Waals surface area contributed by atoms with E-state index < -0.39 is 29.2 Å². The van der Waals surface area contributed by atoms with Crippen molar-refractivity contribution in [2.75, 3.05) is 11.9 Å². The maximum absolute atomic E-state index is 14.8. The molecule has 1 saturated heterocycles. The summed E-state index contributed by atoms with van der Waals surface area (Å²) in [7, 11) is 0. The summed E-state index contributed by atoms with van der Waals surface area (Å²) in [5, 5.41) is 3.04. The standard InChI is InChI=1S/C36H27FN2O4/c1-2-21-43-26-17-13-23(14-18-26)32(40)30-31(33(41)24-11-15-25(37)16-12-24)39-20-19-22-7-3-4-8-27(22)34(39)36(30)28-9-5-6-10-29(28)38-35(36)42/h2-20,30-31,34H,1,21H2,(H,38,42)/t30-,31-,34+,36+/m0/s1. The molecule has 1 N–H and O–H groups in total. The van der Waals surface area contributed by atoms with Crippen LogP contribution in [-0.2, 0) is 10.2 Å². The molecule has 0 radical (unpaired) electrons. The SMILES string of the molecule is C=CCOc1ccc(C(=O)[C@@H]2[C@@H](C(=O)c3ccc(F)cc3)N3C=Cc4ccccc4[C@@H]3[C@]23C(=O)Nc2ccccc23)cc1. The van der Waals surface area contributed by atoms with E-state index in [0.717, 1.165) is 11.1 Å². The predicted octanol–water partition coefficient (Wildman–Crippen LogP) is 6.37. The quantitative estimate of drug-likeness (QED) is 0.206. The molecule has 43 heavy (non-hydrogen) atoms. The fraction of sp³-hybridized carbons (Fsp3) is 0.139. The molecule has 1 amide bonds. The Morgan fingerprint density at radius 3 is 2.35 bits per heavy atom. The highest BCUT2D eigenvalue weighted by molar-refractivity contribution is 6.16. The molecule has 0 aromatic heterocycles. The van der Waals surface area contributed by atoms with E-state index in [-0.39, 0.29) is 23.0 Å². The van der Waals surface area contributed by atoms with Crippen LogP contribution in [0.1, 0.15) is 43.4 Å². The summed E-state index contributed by atoms with van der Waals surface area (Å²) in [5.41, 5.74) is 2.20. The van der Waals surface area contributed by atoms with E-state index in [0.29, 0.717) is 29.2 Å². The van der Waals surface area contributed by atoms with Gasteiger partial charge in [-0.05, 0) is 77.4 Å². The number of ether oxygens (including phenoxy) is 1. The summed E-state index contributed by atoms with van der Waals surface area (Å²) in [6.07, 6.45) is 5.35. The van der Waals surface area contributed by atoms with E-state index in [4.69, 9.17) is 4.74 Å². The number of nitrogens with one attached hydrogen (secondary N) is 1. The number of hydrogen-bond donors (Lipinski definition) is 1. The van der Waals surface area contributed by atoms with Crippen LogP contribution >= 0.6 is 0 Å². The molecule has 4 aromatic rings. The lowest BCUT2D eigenvalue weighted by Gasteiger charge is -2.38. The van der Waals surface area contributed by atoms with E-state index in [1.54, 1.807) is 30.3 Å². The van der Waals surface area contributed by atoms with Crippen molar-refractivity contribution < 1.29 is 23.5 Å². The van der Waals surface area contributed by atoms with Gasteiger partial charge in [-0.25, -0.2) is 4.39 Å². The van der Waals surface area contributed by atoms with Gasteiger partial charge in [-0.2, -0.15) is 0 Å². The highest BCUT2D eigenvalue weighted by Crippen LogP contribution is 2.62. The maximum atomic E-state index is 14.8. The molecule has 0 bridgehead atoms. The zero-order valence-corrected chi connectivity index (χ0v) is 23.1. The molecule has 3 aliphatic heterocycles. The van der Waals surface area contributed by atoms with Crippen LogP contribution < -0.4 is 10.1 Å². The molecule has 1 fully saturated rings. The van der Waals surface area contributed by atoms with Crippen molar-refractivity contribution in [2.24, 2.45) is 5.92 Å². The molecule has 3 aliphatic rings. The number of rotatable bonds is 7. The molecule has 6 nitrogen and oxygen atoms in total. The number of hydrogen-bond acceptors (Lipinski definition) is 5. The average molecular weight is 571 g/mol. The Morgan fingerprint density at radius 1 is 0.907 bits per heavy atom. The predicted molar refractivity (Wildman–Crippen MR) is 161 cm³/mol. The Morgan fingerprint density at radius 2 is 1.58 bits per heavy atom. The van der Waals surface area contributed by atoms with Gasteiger partial charge in [-0.15, -0.1) is 0 Å². The van der Waals surface area contributed by atoms with Gasteiger partial charge in [0, 0.05) is 23.0 Å². The number of Topliss-reactive ketones (excluding diaryl/α,β-unsaturated/α-hetero) is 2. The largest absolute Gasteiger partial charge is 0.490 e. The first-order chi connectivity index (χ1) is 20.9. The van der Waals surface area contributed by atoms with E-state index in [2.05, 4.69) is 11.9 Å². The topological polar surface area (TPSA) is 75.7 Å². The normalized spacial score (nSPS) is 22.9. The first kappa shape index (κ1) is 26.6. The summed E-state index contributed by atoms with van der Waals surface area (Å²) in [6, 6.07) is 25.4. The number of ketones is 2. The number of nitrogens with zero attached hydrogens (tertiary/aromatic N) is 1. The Balaban J connectivity index is 1.47. The molecule has 4 aromatic carbocycles. The van der Waals surface area contributed by atoms with Crippen molar-refractivity contribution in [3.8, 4) is 5.75 Å². The highest BCUT2D eigenvalue weighted by Gasteiger charge is 2.70. The molecular formula is C36H27FN2O4. The second kappa shape index (κ2) is 10.2. The van der Waals surface area contributed by atoms with Crippen molar-refractivity contribution in [3.63, 3.8) is 0 Å². The lowest BCUT2D eigenvalue weighted by Crippen LogP contribution is -2.49. The van der Waals surface area contributed by atoms with Crippen LogP contribution in [0.2, 0.25) is 0 Å². The van der Waals surface area contributed by atoms with Crippen LogP contribution in [0.4, 0.5) is 10.1 Å². The smallest absolute Gasteiger partial charge is 0.238 e. The molecule has 0 aliphatic carbocycles. The molecule has 7 rings (SSSR count). The van der Waals surface area contributed by atoms with Gasteiger partial charge in [-0.1, -0.05) is 55.1 Å². The van der Waals surface area contributed by atoms with Gasteiger partial charge in [0.1, 0.15) is 29.6 Å². The summed E-state index contributed by atoms with van der Waals surface area (Å²) in [4.78, 5) is 45.7. The average Bonchev–Trinajstić information content (AvgIpc) is 3.52. The zero-order chi connectivity index (χ0) is 29.7. The number of benzene rings is 4. The van der Waals surface area contributed by atoms with E-state index in [1.165, 1.54) is 24.3 Å². The monoisotopic (exact) mass is 570 g/mol. The molecule has 3 heterocycles. The number of fused-ring (bicyclic) bond motifs is 6. The van der Waals surface area contributed by atoms with Crippen LogP contribution in [-0.4, -0.2) is 35.0 Å². The first-order valence-corrected chi connectivity index (χ1v) is 14.1. The Hall–Kier alpha value is -5.30. The molecule has 4 atom stereocenters. The van der Waals surface area contributed by atoms with Gasteiger partial charge in [0.2, 0.25) is 5.91 Å². The van der Waals surface area contributed by atoms with Crippen LogP contribution in [0.3, 0.4) is 0 Å². The second-order valence-electron chi connectivity index (χ2n) is 10.9. The van der Waals surface area contributed by atoms with E-state index in [1.807, 2.05) is 65.7 Å². The van der Waals surface area contributed by atoms with Crippen LogP contribution in [0.15, 0.2) is 116 Å². The Bertz CT molecular complexity index is 1810. The number of anilines is 1. The highest BCUT2D eigenvalue weighted by atomic mass is 19.1. The fourth-order valence-corrected chi connectivity index (χ4v) is 7.00. The zero-order valence-electron chi connectivity index (χ0n) is 23.1. The minimum Gasteiger partial charge on any atom is -0.490 e. The van der Waals surface area contributed by atoms with Crippen molar-refractivity contribution in [1.29, 1.82) is 0 Å². The van der Waals surface area contributed by atoms with Gasteiger partial charge >= 0.3 is 0 Å². The van der Waals surface area contributed by atoms with Gasteiger partial charge < -0.3 is 15.0 Å². The number of amides is 1. The minimum absolute atomic E-state index is 0.257. The van der Waals surface area contributed by atoms with Crippen LogP contribution in [0.25, 0.3) is 6.08 Å². The Kier molecular flexibility index (Phi) is 6.31. The third-order valence-corrected chi connectivity index (χ3v) is 8.76. The molecule has 212 valence electrons. The third kappa shape index (κ3) is 3.96. The number of carbonyl (C=O) groups excluding carboxylic acids is 3. The first-order valence-electron chi connectivity index (χ1n) is 14.1.